The second-order valence-electron chi connectivity index (χ2n) is 2.90. The van der Waals surface area contributed by atoms with E-state index in [1.807, 2.05) is 0 Å². The molecule has 0 fully saturated rings. The first kappa shape index (κ1) is 14.1. The lowest BCUT2D eigenvalue weighted by Crippen LogP contribution is -1.98. The van der Waals surface area contributed by atoms with Crippen molar-refractivity contribution in [2.75, 3.05) is 5.75 Å². The van der Waals surface area contributed by atoms with Crippen molar-refractivity contribution in [2.24, 2.45) is 0 Å². The number of carboxylic acid groups (broad SMARTS) is 1. The zero-order valence-electron chi connectivity index (χ0n) is 8.60. The first-order chi connectivity index (χ1) is 7.66. The van der Waals surface area contributed by atoms with Crippen molar-refractivity contribution in [1.29, 1.82) is 0 Å². The van der Waals surface area contributed by atoms with Crippen LogP contribution >= 0.6 is 43.0 Å². The van der Waals surface area contributed by atoms with Gasteiger partial charge in [-0.15, -0.1) is 0 Å². The summed E-state index contributed by atoms with van der Waals surface area (Å²) < 4.78 is 0. The summed E-state index contributed by atoms with van der Waals surface area (Å²) in [7, 11) is 4.68. The van der Waals surface area contributed by atoms with Crippen molar-refractivity contribution < 1.29 is 9.90 Å². The quantitative estimate of drug-likeness (QED) is 0.600. The summed E-state index contributed by atoms with van der Waals surface area (Å²) in [6, 6.07) is 4.93. The van der Waals surface area contributed by atoms with Crippen LogP contribution in [0.3, 0.4) is 0 Å². The van der Waals surface area contributed by atoms with Gasteiger partial charge in [0.2, 0.25) is 0 Å². The SMILES string of the molecule is CCCSSSc1c(Cl)cccc1C(=O)O. The third kappa shape index (κ3) is 4.13. The molecule has 1 aromatic carbocycles. The van der Waals surface area contributed by atoms with Crippen LogP contribution in [-0.2, 0) is 0 Å². The molecule has 0 aliphatic heterocycles. The highest BCUT2D eigenvalue weighted by Gasteiger charge is 2.13. The minimum absolute atomic E-state index is 0.266. The van der Waals surface area contributed by atoms with E-state index in [1.54, 1.807) is 38.8 Å². The largest absolute Gasteiger partial charge is 0.478 e. The first-order valence-corrected chi connectivity index (χ1v) is 8.67. The van der Waals surface area contributed by atoms with Crippen molar-refractivity contribution >= 4 is 49.0 Å². The smallest absolute Gasteiger partial charge is 0.336 e. The molecule has 1 aromatic rings. The number of carbonyl (C=O) groups is 1. The molecule has 0 saturated carbocycles. The highest BCUT2D eigenvalue weighted by Crippen LogP contribution is 2.44. The van der Waals surface area contributed by atoms with Crippen molar-refractivity contribution in [3.8, 4) is 0 Å². The van der Waals surface area contributed by atoms with Gasteiger partial charge in [0.15, 0.2) is 0 Å². The maximum absolute atomic E-state index is 11.0. The highest BCUT2D eigenvalue weighted by atomic mass is 35.5. The third-order valence-electron chi connectivity index (χ3n) is 1.65. The van der Waals surface area contributed by atoms with Crippen LogP contribution in [0.2, 0.25) is 5.02 Å². The highest BCUT2D eigenvalue weighted by molar-refractivity contribution is 9.09. The second-order valence-corrected chi connectivity index (χ2v) is 7.50. The lowest BCUT2D eigenvalue weighted by atomic mass is 10.2. The van der Waals surface area contributed by atoms with Crippen LogP contribution in [-0.4, -0.2) is 16.8 Å². The van der Waals surface area contributed by atoms with E-state index in [9.17, 15) is 4.79 Å². The summed E-state index contributed by atoms with van der Waals surface area (Å²) >= 11 is 5.98. The maximum Gasteiger partial charge on any atom is 0.336 e. The minimum Gasteiger partial charge on any atom is -0.478 e. The number of rotatable bonds is 6. The van der Waals surface area contributed by atoms with Crippen LogP contribution in [0.25, 0.3) is 0 Å². The van der Waals surface area contributed by atoms with E-state index < -0.39 is 5.97 Å². The fraction of sp³-hybridized carbons (Fsp3) is 0.300. The van der Waals surface area contributed by atoms with Gasteiger partial charge in [0.05, 0.1) is 15.5 Å². The number of aromatic carboxylic acids is 1. The predicted molar refractivity (Wildman–Crippen MR) is 74.6 cm³/mol. The van der Waals surface area contributed by atoms with Gasteiger partial charge in [0, 0.05) is 5.75 Å². The van der Waals surface area contributed by atoms with Gasteiger partial charge in [-0.05, 0) is 39.2 Å². The Bertz CT molecular complexity index is 371. The molecule has 2 nitrogen and oxygen atoms in total. The van der Waals surface area contributed by atoms with Crippen molar-refractivity contribution in [3.63, 3.8) is 0 Å². The summed E-state index contributed by atoms with van der Waals surface area (Å²) in [5.41, 5.74) is 0.266. The zero-order valence-corrected chi connectivity index (χ0v) is 11.8. The van der Waals surface area contributed by atoms with Gasteiger partial charge in [-0.2, -0.15) is 0 Å². The Morgan fingerprint density at radius 1 is 1.50 bits per heavy atom. The average molecular weight is 295 g/mol. The normalized spacial score (nSPS) is 10.4. The van der Waals surface area contributed by atoms with Crippen LogP contribution < -0.4 is 0 Å². The van der Waals surface area contributed by atoms with Gasteiger partial charge in [0.1, 0.15) is 0 Å². The third-order valence-corrected chi connectivity index (χ3v) is 6.39. The van der Waals surface area contributed by atoms with E-state index in [4.69, 9.17) is 16.7 Å². The summed E-state index contributed by atoms with van der Waals surface area (Å²) in [6.45, 7) is 2.11. The monoisotopic (exact) mass is 294 g/mol. The van der Waals surface area contributed by atoms with Crippen LogP contribution in [0.1, 0.15) is 23.7 Å². The maximum atomic E-state index is 11.0. The molecule has 0 unspecified atom stereocenters. The zero-order chi connectivity index (χ0) is 12.0. The van der Waals surface area contributed by atoms with E-state index in [1.165, 1.54) is 10.8 Å². The van der Waals surface area contributed by atoms with Gasteiger partial charge in [-0.3, -0.25) is 0 Å². The van der Waals surface area contributed by atoms with E-state index in [2.05, 4.69) is 6.92 Å². The molecule has 88 valence electrons. The second kappa shape index (κ2) is 7.37. The van der Waals surface area contributed by atoms with E-state index >= 15 is 0 Å². The molecule has 0 spiro atoms. The summed E-state index contributed by atoms with van der Waals surface area (Å²) in [6.07, 6.45) is 1.10. The molecule has 0 radical (unpaired) electrons. The molecule has 0 heterocycles. The number of hydrogen-bond donors (Lipinski definition) is 1. The summed E-state index contributed by atoms with van der Waals surface area (Å²) in [5, 5.41) is 9.50. The molecule has 0 aliphatic carbocycles. The Labute approximate surface area is 111 Å². The number of halogens is 1. The molecule has 1 N–H and O–H groups in total. The molecular formula is C10H11ClO2S3. The van der Waals surface area contributed by atoms with Gasteiger partial charge in [-0.1, -0.05) is 35.4 Å². The number of benzene rings is 1. The minimum atomic E-state index is -0.939. The van der Waals surface area contributed by atoms with Crippen molar-refractivity contribution in [3.05, 3.63) is 28.8 Å². The average Bonchev–Trinajstić information content (AvgIpc) is 2.25. The van der Waals surface area contributed by atoms with Crippen molar-refractivity contribution in [1.82, 2.24) is 0 Å². The fourth-order valence-electron chi connectivity index (χ4n) is 0.937. The molecule has 0 bridgehead atoms. The molecule has 1 rings (SSSR count). The predicted octanol–water partition coefficient (Wildman–Crippen LogP) is 4.84. The Morgan fingerprint density at radius 2 is 2.25 bits per heavy atom. The van der Waals surface area contributed by atoms with Crippen LogP contribution in [0.15, 0.2) is 23.1 Å². The molecule has 0 aliphatic rings. The summed E-state index contributed by atoms with van der Waals surface area (Å²) in [5.74, 6) is 0.107. The van der Waals surface area contributed by atoms with Crippen LogP contribution in [0.5, 0.6) is 0 Å². The number of carboxylic acids is 1. The summed E-state index contributed by atoms with van der Waals surface area (Å²) in [4.78, 5) is 11.6. The molecule has 6 heteroatoms. The molecule has 0 aromatic heterocycles. The Balaban J connectivity index is 2.73. The topological polar surface area (TPSA) is 37.3 Å². The van der Waals surface area contributed by atoms with Crippen LogP contribution in [0.4, 0.5) is 0 Å². The van der Waals surface area contributed by atoms with Gasteiger partial charge in [0.25, 0.3) is 0 Å². The molecule has 0 atom stereocenters. The Hall–Kier alpha value is 0.0300. The number of hydrogen-bond acceptors (Lipinski definition) is 4. The molecule has 0 saturated heterocycles. The van der Waals surface area contributed by atoms with E-state index in [0.717, 1.165) is 12.2 Å². The van der Waals surface area contributed by atoms with Crippen molar-refractivity contribution in [2.45, 2.75) is 18.2 Å². The first-order valence-electron chi connectivity index (χ1n) is 4.64. The molecular weight excluding hydrogens is 284 g/mol. The van der Waals surface area contributed by atoms with Gasteiger partial charge >= 0.3 is 5.97 Å². The van der Waals surface area contributed by atoms with Crippen LogP contribution in [0, 0.1) is 0 Å². The van der Waals surface area contributed by atoms with Gasteiger partial charge < -0.3 is 5.11 Å². The molecule has 16 heavy (non-hydrogen) atoms. The Kier molecular flexibility index (Phi) is 6.49. The van der Waals surface area contributed by atoms with E-state index in [-0.39, 0.29) is 5.56 Å². The fourth-order valence-corrected chi connectivity index (χ4v) is 5.36. The lowest BCUT2D eigenvalue weighted by molar-refractivity contribution is 0.0693. The lowest BCUT2D eigenvalue weighted by Gasteiger charge is -2.06. The standard InChI is InChI=1S/C10H11ClO2S3/c1-2-6-14-16-15-9-7(10(12)13)4-3-5-8(9)11/h3-5H,2,6H2,1H3,(H,12,13). The molecule has 0 amide bonds. The van der Waals surface area contributed by atoms with Gasteiger partial charge in [-0.25, -0.2) is 4.79 Å². The van der Waals surface area contributed by atoms with E-state index in [0.29, 0.717) is 9.92 Å². The Morgan fingerprint density at radius 3 is 2.88 bits per heavy atom.